The fraction of sp³-hybridized carbons (Fsp3) is 0. The van der Waals surface area contributed by atoms with E-state index in [1.54, 1.807) is 12.1 Å². The molecule has 4 rings (SSSR count). The van der Waals surface area contributed by atoms with Gasteiger partial charge < -0.3 is 14.9 Å². The summed E-state index contributed by atoms with van der Waals surface area (Å²) in [6.45, 7) is 0. The third-order valence-electron chi connectivity index (χ3n) is 3.85. The number of aromatic nitrogens is 2. The monoisotopic (exact) mass is 383 g/mol. The summed E-state index contributed by atoms with van der Waals surface area (Å²) in [5, 5.41) is 5.47. The van der Waals surface area contributed by atoms with Gasteiger partial charge in [-0.25, -0.2) is 4.79 Å². The van der Waals surface area contributed by atoms with E-state index in [0.717, 1.165) is 16.8 Å². The molecule has 0 unspecified atom stereocenters. The van der Waals surface area contributed by atoms with Gasteiger partial charge in [0.25, 0.3) is 10.0 Å². The molecule has 0 aliphatic carbocycles. The molecule has 0 atom stereocenters. The van der Waals surface area contributed by atoms with E-state index in [-0.39, 0.29) is 22.4 Å². The number of carbonyl (C=O) groups excluding carboxylic acids is 1. The zero-order valence-electron chi connectivity index (χ0n) is 13.8. The van der Waals surface area contributed by atoms with Gasteiger partial charge in [-0.1, -0.05) is 30.3 Å². The van der Waals surface area contributed by atoms with Crippen molar-refractivity contribution in [2.75, 3.05) is 5.73 Å². The number of nitrogen functional groups attached to an aromatic ring is 1. The molecule has 0 aliphatic heterocycles. The fourth-order valence-electron chi connectivity index (χ4n) is 2.57. The zero-order chi connectivity index (χ0) is 19.0. The van der Waals surface area contributed by atoms with Gasteiger partial charge in [0, 0.05) is 6.07 Å². The van der Waals surface area contributed by atoms with Gasteiger partial charge in [0.05, 0.1) is 11.2 Å². The quantitative estimate of drug-likeness (QED) is 0.538. The molecule has 27 heavy (non-hydrogen) atoms. The van der Waals surface area contributed by atoms with Crippen molar-refractivity contribution in [3.8, 4) is 5.88 Å². The second-order valence-corrected chi connectivity index (χ2v) is 7.40. The SMILES string of the molecule is Nc1cc(OC(=O)c2ccco2)nn1S(=O)(=O)c1ccc2ccccc2c1. The molecule has 2 aromatic heterocycles. The van der Waals surface area contributed by atoms with Gasteiger partial charge >= 0.3 is 5.97 Å². The number of furan rings is 1. The lowest BCUT2D eigenvalue weighted by molar-refractivity contribution is 0.0693. The van der Waals surface area contributed by atoms with E-state index in [1.165, 1.54) is 30.5 Å². The van der Waals surface area contributed by atoms with Crippen LogP contribution in [0.25, 0.3) is 10.8 Å². The van der Waals surface area contributed by atoms with Crippen molar-refractivity contribution in [3.63, 3.8) is 0 Å². The molecule has 0 saturated heterocycles. The lowest BCUT2D eigenvalue weighted by Crippen LogP contribution is -2.17. The van der Waals surface area contributed by atoms with Crippen molar-refractivity contribution >= 4 is 32.6 Å². The molecule has 2 heterocycles. The number of nitrogens with zero attached hydrogens (tertiary/aromatic N) is 2. The summed E-state index contributed by atoms with van der Waals surface area (Å²) in [6, 6.07) is 16.1. The second kappa shape index (κ2) is 6.29. The second-order valence-electron chi connectivity index (χ2n) is 5.63. The summed E-state index contributed by atoms with van der Waals surface area (Å²) in [4.78, 5) is 11.9. The van der Waals surface area contributed by atoms with Gasteiger partial charge in [-0.15, -0.1) is 9.19 Å². The fourth-order valence-corrected chi connectivity index (χ4v) is 3.80. The molecule has 4 aromatic rings. The number of rotatable bonds is 4. The maximum atomic E-state index is 12.9. The number of anilines is 1. The number of benzene rings is 2. The van der Waals surface area contributed by atoms with Crippen LogP contribution in [0.3, 0.4) is 0 Å². The minimum absolute atomic E-state index is 0.0138. The summed E-state index contributed by atoms with van der Waals surface area (Å²) in [5.74, 6) is -1.29. The van der Waals surface area contributed by atoms with Gasteiger partial charge in [-0.2, -0.15) is 8.42 Å². The van der Waals surface area contributed by atoms with Crippen LogP contribution in [0, 0.1) is 0 Å². The maximum Gasteiger partial charge on any atom is 0.380 e. The van der Waals surface area contributed by atoms with Gasteiger partial charge in [0.1, 0.15) is 5.82 Å². The minimum atomic E-state index is -4.06. The standard InChI is InChI=1S/C18H13N3O5S/c19-16-11-17(26-18(22)15-6-3-9-25-15)20-21(16)27(23,24)14-8-7-12-4-1-2-5-13(12)10-14/h1-11H,19H2. The molecule has 0 amide bonds. The maximum absolute atomic E-state index is 12.9. The average molecular weight is 383 g/mol. The summed E-state index contributed by atoms with van der Waals surface area (Å²) in [7, 11) is -4.06. The van der Waals surface area contributed by atoms with Crippen molar-refractivity contribution in [2.24, 2.45) is 0 Å². The number of esters is 1. The predicted octanol–water partition coefficient (Wildman–Crippen LogP) is 2.67. The first kappa shape index (κ1) is 16.9. The van der Waals surface area contributed by atoms with Crippen LogP contribution < -0.4 is 10.5 Å². The Labute approximate surface area is 153 Å². The first-order valence-electron chi connectivity index (χ1n) is 7.81. The number of nitrogens with two attached hydrogens (primary N) is 1. The highest BCUT2D eigenvalue weighted by Gasteiger charge is 2.24. The van der Waals surface area contributed by atoms with Gasteiger partial charge in [-0.3, -0.25) is 0 Å². The molecule has 0 radical (unpaired) electrons. The van der Waals surface area contributed by atoms with Gasteiger partial charge in [0.2, 0.25) is 11.6 Å². The molecular weight excluding hydrogens is 370 g/mol. The zero-order valence-corrected chi connectivity index (χ0v) is 14.6. The van der Waals surface area contributed by atoms with Crippen molar-refractivity contribution in [1.82, 2.24) is 9.19 Å². The van der Waals surface area contributed by atoms with E-state index in [4.69, 9.17) is 14.9 Å². The number of fused-ring (bicyclic) bond motifs is 1. The molecule has 0 saturated carbocycles. The summed E-state index contributed by atoms with van der Waals surface area (Å²) in [6.07, 6.45) is 1.31. The van der Waals surface area contributed by atoms with Crippen LogP contribution >= 0.6 is 0 Å². The van der Waals surface area contributed by atoms with Crippen LogP contribution in [0.1, 0.15) is 10.6 Å². The van der Waals surface area contributed by atoms with E-state index < -0.39 is 16.0 Å². The Bertz CT molecular complexity index is 1240. The van der Waals surface area contributed by atoms with E-state index in [9.17, 15) is 13.2 Å². The Hall–Kier alpha value is -3.59. The third-order valence-corrected chi connectivity index (χ3v) is 5.45. The Morgan fingerprint density at radius 2 is 1.81 bits per heavy atom. The Morgan fingerprint density at radius 1 is 1.04 bits per heavy atom. The van der Waals surface area contributed by atoms with Crippen molar-refractivity contribution in [2.45, 2.75) is 4.90 Å². The number of hydrogen-bond donors (Lipinski definition) is 1. The van der Waals surface area contributed by atoms with Crippen molar-refractivity contribution in [1.29, 1.82) is 0 Å². The summed E-state index contributed by atoms with van der Waals surface area (Å²) in [5.41, 5.74) is 5.78. The Balaban J connectivity index is 1.69. The molecule has 0 aliphatic rings. The minimum Gasteiger partial charge on any atom is -0.457 e. The van der Waals surface area contributed by atoms with E-state index in [2.05, 4.69) is 5.10 Å². The van der Waals surface area contributed by atoms with Crippen molar-refractivity contribution < 1.29 is 22.4 Å². The largest absolute Gasteiger partial charge is 0.457 e. The van der Waals surface area contributed by atoms with Crippen LogP contribution in [0.5, 0.6) is 5.88 Å². The van der Waals surface area contributed by atoms with Crippen molar-refractivity contribution in [3.05, 3.63) is 72.7 Å². The molecule has 9 heteroatoms. The summed E-state index contributed by atoms with van der Waals surface area (Å²) >= 11 is 0. The van der Waals surface area contributed by atoms with E-state index in [0.29, 0.717) is 4.09 Å². The predicted molar refractivity (Wildman–Crippen MR) is 96.8 cm³/mol. The average Bonchev–Trinajstić information content (AvgIpc) is 3.31. The van der Waals surface area contributed by atoms with Crippen LogP contribution in [0.4, 0.5) is 5.82 Å². The molecule has 0 spiro atoms. The smallest absolute Gasteiger partial charge is 0.380 e. The Morgan fingerprint density at radius 3 is 2.56 bits per heavy atom. The molecular formula is C18H13N3O5S. The van der Waals surface area contributed by atoms with Crippen LogP contribution in [0.2, 0.25) is 0 Å². The normalized spacial score (nSPS) is 11.6. The topological polar surface area (TPSA) is 117 Å². The van der Waals surface area contributed by atoms with Gasteiger partial charge in [0.15, 0.2) is 0 Å². The Kier molecular flexibility index (Phi) is 3.93. The molecule has 136 valence electrons. The highest BCUT2D eigenvalue weighted by molar-refractivity contribution is 7.90. The van der Waals surface area contributed by atoms with Crippen LogP contribution in [-0.4, -0.2) is 23.6 Å². The first-order valence-corrected chi connectivity index (χ1v) is 9.25. The molecule has 2 N–H and O–H groups in total. The lowest BCUT2D eigenvalue weighted by atomic mass is 10.1. The van der Waals surface area contributed by atoms with Gasteiger partial charge in [-0.05, 0) is 35.0 Å². The lowest BCUT2D eigenvalue weighted by Gasteiger charge is -2.07. The molecule has 2 aromatic carbocycles. The molecule has 8 nitrogen and oxygen atoms in total. The van der Waals surface area contributed by atoms with Crippen LogP contribution in [0.15, 0.2) is 76.2 Å². The van der Waals surface area contributed by atoms with E-state index in [1.807, 2.05) is 18.2 Å². The third kappa shape index (κ3) is 3.04. The summed E-state index contributed by atoms with van der Waals surface area (Å²) < 4.78 is 36.3. The molecule has 0 bridgehead atoms. The number of carbonyl (C=O) groups is 1. The highest BCUT2D eigenvalue weighted by atomic mass is 32.2. The molecule has 0 fully saturated rings. The van der Waals surface area contributed by atoms with E-state index >= 15 is 0 Å². The number of ether oxygens (including phenoxy) is 1. The van der Waals surface area contributed by atoms with Crippen LogP contribution in [-0.2, 0) is 10.0 Å². The first-order chi connectivity index (χ1) is 12.9. The number of hydrogen-bond acceptors (Lipinski definition) is 7. The highest BCUT2D eigenvalue weighted by Crippen LogP contribution is 2.24.